The summed E-state index contributed by atoms with van der Waals surface area (Å²) in [6.07, 6.45) is 11.1. The van der Waals surface area contributed by atoms with Crippen LogP contribution in [-0.2, 0) is 7.05 Å². The largest absolute Gasteiger partial charge is 0.355 e. The fourth-order valence-electron chi connectivity index (χ4n) is 4.90. The number of carbonyl (C=O) groups is 1. The second kappa shape index (κ2) is 9.91. The second-order valence-electron chi connectivity index (χ2n) is 9.36. The summed E-state index contributed by atoms with van der Waals surface area (Å²) >= 11 is 0. The van der Waals surface area contributed by atoms with E-state index in [1.165, 1.54) is 0 Å². The van der Waals surface area contributed by atoms with Gasteiger partial charge in [0.2, 0.25) is 0 Å². The molecule has 2 atom stereocenters. The predicted octanol–water partition coefficient (Wildman–Crippen LogP) is 2.33. The number of likely N-dealkylation sites (tertiary alicyclic amines) is 1. The van der Waals surface area contributed by atoms with Gasteiger partial charge in [0.1, 0.15) is 17.7 Å². The van der Waals surface area contributed by atoms with Crippen LogP contribution < -0.4 is 16.1 Å². The summed E-state index contributed by atoms with van der Waals surface area (Å²) in [5.41, 5.74) is 11.7. The van der Waals surface area contributed by atoms with E-state index in [1.54, 1.807) is 18.5 Å². The molecule has 10 heteroatoms. The zero-order chi connectivity index (χ0) is 24.4. The Bertz CT molecular complexity index is 1260. The molecule has 0 aliphatic carbocycles. The number of nitrogens with one attached hydrogen (secondary N) is 1. The van der Waals surface area contributed by atoms with Crippen molar-refractivity contribution >= 4 is 22.8 Å². The average Bonchev–Trinajstić information content (AvgIpc) is 3.30. The van der Waals surface area contributed by atoms with Gasteiger partial charge in [-0.05, 0) is 56.9 Å². The minimum atomic E-state index is -0.169. The summed E-state index contributed by atoms with van der Waals surface area (Å²) in [6.45, 7) is 4.47. The topological polar surface area (TPSA) is 110 Å². The van der Waals surface area contributed by atoms with Gasteiger partial charge in [0, 0.05) is 62.3 Å². The molecule has 2 saturated heterocycles. The number of piperidine rings is 1. The van der Waals surface area contributed by atoms with Crippen molar-refractivity contribution < 1.29 is 4.79 Å². The Hall–Kier alpha value is -3.66. The smallest absolute Gasteiger partial charge is 0.274 e. The van der Waals surface area contributed by atoms with Gasteiger partial charge in [-0.15, -0.1) is 0 Å². The van der Waals surface area contributed by atoms with Crippen LogP contribution >= 0.6 is 0 Å². The third kappa shape index (κ3) is 4.93. The first-order chi connectivity index (χ1) is 17.0. The minimum absolute atomic E-state index is 0.0918. The Morgan fingerprint density at radius 1 is 1.11 bits per heavy atom. The SMILES string of the molecule is Cc1cn(C)n(N[C@@H]2CCCCN2C(=O)c2ccc3cccnc3n2)ccnc1N1CC[C@@H](N)C1. The number of rotatable bonds is 4. The fraction of sp³-hybridized carbons (Fsp3) is 0.440. The summed E-state index contributed by atoms with van der Waals surface area (Å²) in [6, 6.07) is 7.69. The normalized spacial score (nSPS) is 20.2. The van der Waals surface area contributed by atoms with Crippen LogP contribution in [0.2, 0.25) is 0 Å². The first-order valence-electron chi connectivity index (χ1n) is 12.2. The third-order valence-corrected chi connectivity index (χ3v) is 6.73. The Morgan fingerprint density at radius 3 is 2.83 bits per heavy atom. The van der Waals surface area contributed by atoms with Gasteiger partial charge in [-0.25, -0.2) is 19.7 Å². The molecule has 0 spiro atoms. The molecule has 2 aliphatic rings. The van der Waals surface area contributed by atoms with Crippen LogP contribution in [0.25, 0.3) is 11.0 Å². The summed E-state index contributed by atoms with van der Waals surface area (Å²) in [5.74, 6) is 0.858. The number of pyridine rings is 2. The van der Waals surface area contributed by atoms with Crippen molar-refractivity contribution in [2.24, 2.45) is 12.8 Å². The van der Waals surface area contributed by atoms with Crippen molar-refractivity contribution in [3.05, 3.63) is 60.3 Å². The van der Waals surface area contributed by atoms with Crippen molar-refractivity contribution in [2.45, 2.75) is 44.8 Å². The molecule has 3 aromatic heterocycles. The number of anilines is 1. The fourth-order valence-corrected chi connectivity index (χ4v) is 4.90. The van der Waals surface area contributed by atoms with E-state index in [0.717, 1.165) is 55.5 Å². The highest BCUT2D eigenvalue weighted by Gasteiger charge is 2.29. The number of hydrogen-bond donors (Lipinski definition) is 2. The maximum atomic E-state index is 13.5. The van der Waals surface area contributed by atoms with Crippen LogP contribution in [0.4, 0.5) is 5.82 Å². The van der Waals surface area contributed by atoms with Gasteiger partial charge in [-0.2, -0.15) is 0 Å². The number of nitrogens with zero attached hydrogens (tertiary/aromatic N) is 7. The first kappa shape index (κ1) is 23.1. The van der Waals surface area contributed by atoms with Gasteiger partial charge in [-0.1, -0.05) is 0 Å². The second-order valence-corrected chi connectivity index (χ2v) is 9.36. The summed E-state index contributed by atoms with van der Waals surface area (Å²) in [7, 11) is 1.98. The van der Waals surface area contributed by atoms with E-state index in [9.17, 15) is 4.79 Å². The molecular weight excluding hydrogens is 442 g/mol. The van der Waals surface area contributed by atoms with Crippen LogP contribution in [0.1, 0.15) is 41.7 Å². The van der Waals surface area contributed by atoms with Crippen molar-refractivity contribution in [1.29, 1.82) is 0 Å². The Balaban J connectivity index is 1.39. The molecule has 5 rings (SSSR count). The molecule has 0 radical (unpaired) electrons. The van der Waals surface area contributed by atoms with Crippen molar-refractivity contribution in [3.63, 3.8) is 0 Å². The summed E-state index contributed by atoms with van der Waals surface area (Å²) in [4.78, 5) is 33.0. The highest BCUT2D eigenvalue weighted by atomic mass is 16.2. The Kier molecular flexibility index (Phi) is 6.54. The minimum Gasteiger partial charge on any atom is -0.355 e. The van der Waals surface area contributed by atoms with Crippen LogP contribution in [0.15, 0.2) is 49.1 Å². The third-order valence-electron chi connectivity index (χ3n) is 6.73. The molecule has 2 aliphatic heterocycles. The quantitative estimate of drug-likeness (QED) is 0.596. The molecule has 3 N–H and O–H groups in total. The lowest BCUT2D eigenvalue weighted by Gasteiger charge is -2.37. The standard InChI is InChI=1S/C25H33N9O/c1-18-16-31(2)34(15-12-28-24(18)32-14-10-20(26)17-32)30-22-7-3-4-13-33(22)25(35)21-9-8-19-6-5-11-27-23(19)29-21/h5-6,8-9,11-12,15-16,20,22,30H,3-4,7,10,13-14,17,26H2,1-2H3/t20-,22+/m1/s1. The van der Waals surface area contributed by atoms with Crippen LogP contribution in [-0.4, -0.2) is 67.1 Å². The molecule has 1 amide bonds. The molecule has 10 nitrogen and oxygen atoms in total. The van der Waals surface area contributed by atoms with E-state index >= 15 is 0 Å². The number of carbonyl (C=O) groups excluding carboxylic acids is 1. The lowest BCUT2D eigenvalue weighted by molar-refractivity contribution is 0.0619. The monoisotopic (exact) mass is 475 g/mol. The first-order valence-corrected chi connectivity index (χ1v) is 12.2. The van der Waals surface area contributed by atoms with E-state index in [2.05, 4.69) is 27.2 Å². The van der Waals surface area contributed by atoms with E-state index in [4.69, 9.17) is 10.7 Å². The van der Waals surface area contributed by atoms with Gasteiger partial charge >= 0.3 is 0 Å². The Morgan fingerprint density at radius 2 is 2.00 bits per heavy atom. The maximum Gasteiger partial charge on any atom is 0.274 e. The number of fused-ring (bicyclic) bond motifs is 1. The molecule has 5 heterocycles. The number of aromatic nitrogens is 5. The van der Waals surface area contributed by atoms with Gasteiger partial charge in [0.15, 0.2) is 5.65 Å². The lowest BCUT2D eigenvalue weighted by atomic mass is 10.1. The molecule has 3 aromatic rings. The van der Waals surface area contributed by atoms with Crippen molar-refractivity contribution in [2.75, 3.05) is 30.0 Å². The predicted molar refractivity (Wildman–Crippen MR) is 136 cm³/mol. The van der Waals surface area contributed by atoms with Crippen LogP contribution in [0.3, 0.4) is 0 Å². The summed E-state index contributed by atoms with van der Waals surface area (Å²) in [5, 5.41) is 0.919. The van der Waals surface area contributed by atoms with E-state index < -0.39 is 0 Å². The van der Waals surface area contributed by atoms with Gasteiger partial charge in [-0.3, -0.25) is 14.9 Å². The maximum absolute atomic E-state index is 13.5. The van der Waals surface area contributed by atoms with E-state index in [0.29, 0.717) is 17.9 Å². The highest BCUT2D eigenvalue weighted by Crippen LogP contribution is 2.21. The van der Waals surface area contributed by atoms with Gasteiger partial charge < -0.3 is 15.5 Å². The average molecular weight is 476 g/mol. The molecule has 0 aromatic carbocycles. The molecule has 2 fully saturated rings. The molecule has 184 valence electrons. The number of hydrogen-bond acceptors (Lipinski definition) is 7. The molecule has 0 unspecified atom stereocenters. The molecule has 0 saturated carbocycles. The molecular formula is C25H33N9O. The lowest BCUT2D eigenvalue weighted by Crippen LogP contribution is -2.51. The number of amides is 1. The van der Waals surface area contributed by atoms with Crippen LogP contribution in [0, 0.1) is 6.92 Å². The van der Waals surface area contributed by atoms with Crippen LogP contribution in [0.5, 0.6) is 0 Å². The highest BCUT2D eigenvalue weighted by molar-refractivity contribution is 5.94. The molecule has 35 heavy (non-hydrogen) atoms. The zero-order valence-corrected chi connectivity index (χ0v) is 20.3. The Labute approximate surface area is 205 Å². The van der Waals surface area contributed by atoms with Crippen molar-refractivity contribution in [1.82, 2.24) is 29.3 Å². The number of aryl methyl sites for hydroxylation is 2. The van der Waals surface area contributed by atoms with Gasteiger partial charge in [0.05, 0.1) is 6.20 Å². The summed E-state index contributed by atoms with van der Waals surface area (Å²) < 4.78 is 1.98. The zero-order valence-electron chi connectivity index (χ0n) is 20.3. The molecule has 0 bridgehead atoms. The van der Waals surface area contributed by atoms with Gasteiger partial charge in [0.25, 0.3) is 5.91 Å². The van der Waals surface area contributed by atoms with Crippen molar-refractivity contribution in [3.8, 4) is 0 Å². The van der Waals surface area contributed by atoms with E-state index in [-0.39, 0.29) is 18.1 Å². The van der Waals surface area contributed by atoms with E-state index in [1.807, 2.05) is 52.0 Å². The number of nitrogens with two attached hydrogens (primary N) is 1.